The van der Waals surface area contributed by atoms with Gasteiger partial charge in [-0.05, 0) is 283 Å². The second-order valence-corrected chi connectivity index (χ2v) is 26.4. The molecule has 2 nitrogen and oxygen atoms in total. The van der Waals surface area contributed by atoms with E-state index in [2.05, 4.69) is 337 Å². The molecule has 0 spiro atoms. The van der Waals surface area contributed by atoms with Crippen LogP contribution in [0.3, 0.4) is 0 Å². The van der Waals surface area contributed by atoms with Gasteiger partial charge in [0, 0.05) is 0 Å². The lowest BCUT2D eigenvalue weighted by molar-refractivity contribution is -0.282. The summed E-state index contributed by atoms with van der Waals surface area (Å²) in [6.07, 6.45) is 10.8. The summed E-state index contributed by atoms with van der Waals surface area (Å²) in [6, 6.07) is 92.8. The van der Waals surface area contributed by atoms with Gasteiger partial charge in [0.2, 0.25) is 0 Å². The van der Waals surface area contributed by atoms with Gasteiger partial charge in [-0.2, -0.15) is 0 Å². The molecule has 96 heavy (non-hydrogen) atoms. The molecule has 14 aromatic rings. The largest absolute Gasteiger partial charge is 0.240 e. The zero-order chi connectivity index (χ0) is 67.9. The Hall–Kier alpha value is -9.44. The van der Waals surface area contributed by atoms with E-state index in [0.717, 1.165) is 5.56 Å². The van der Waals surface area contributed by atoms with Crippen molar-refractivity contribution < 1.29 is 9.78 Å². The summed E-state index contributed by atoms with van der Waals surface area (Å²) in [7, 11) is 1.52. The van der Waals surface area contributed by atoms with Crippen molar-refractivity contribution in [1.82, 2.24) is 0 Å². The van der Waals surface area contributed by atoms with Crippen LogP contribution in [0.4, 0.5) is 0 Å². The summed E-state index contributed by atoms with van der Waals surface area (Å²) in [5, 5.41) is 15.9. The van der Waals surface area contributed by atoms with E-state index in [1.165, 1.54) is 190 Å². The summed E-state index contributed by atoms with van der Waals surface area (Å²) in [5.41, 5.74) is 23.9. The Morgan fingerprint density at radius 2 is 0.646 bits per heavy atom. The highest BCUT2D eigenvalue weighted by molar-refractivity contribution is 5.88. The Morgan fingerprint density at radius 3 is 1.23 bits per heavy atom. The molecule has 0 heterocycles. The zero-order valence-electron chi connectivity index (χ0n) is 59.5. The van der Waals surface area contributed by atoms with Gasteiger partial charge < -0.3 is 0 Å². The van der Waals surface area contributed by atoms with Gasteiger partial charge in [-0.3, -0.25) is 0 Å². The Labute approximate surface area is 574 Å². The van der Waals surface area contributed by atoms with Crippen molar-refractivity contribution in [2.45, 2.75) is 141 Å². The van der Waals surface area contributed by atoms with E-state index < -0.39 is 0 Å². The minimum atomic E-state index is 0.493. The average molecular weight is 1260 g/mol. The van der Waals surface area contributed by atoms with Crippen LogP contribution in [0.5, 0.6) is 0 Å². The minimum Gasteiger partial charge on any atom is -0.240 e. The smallest absolute Gasteiger partial charge is 0.108 e. The fourth-order valence-electron chi connectivity index (χ4n) is 12.9. The molecular formula is C94H100O2. The molecule has 0 atom stereocenters. The Balaban J connectivity index is 0.000000129. The summed E-state index contributed by atoms with van der Waals surface area (Å²) in [4.78, 5) is 9.56. The number of fused-ring (bicyclic) bond motifs is 8. The van der Waals surface area contributed by atoms with Crippen LogP contribution in [0, 0.1) is 83.1 Å². The van der Waals surface area contributed by atoms with E-state index in [9.17, 15) is 0 Å². The number of benzene rings is 14. The van der Waals surface area contributed by atoms with Crippen LogP contribution in [0.25, 0.3) is 64.6 Å². The maximum absolute atomic E-state index is 4.95. The lowest BCUT2D eigenvalue weighted by Crippen LogP contribution is -2.03. The highest BCUT2D eigenvalue weighted by Gasteiger charge is 2.11. The Kier molecular flexibility index (Phi) is 26.1. The normalized spacial score (nSPS) is 11.8. The number of hydrogen-bond acceptors (Lipinski definition) is 2. The van der Waals surface area contributed by atoms with Crippen molar-refractivity contribution >= 4 is 64.6 Å². The third-order valence-electron chi connectivity index (χ3n) is 19.0. The molecule has 0 radical (unpaired) electrons. The third kappa shape index (κ3) is 20.1. The SMILES string of the molecule is COOCc1cc2ccccc2cc1C.Cc1cc2ccccc2cc1C.Cc1ccc2c(c1)CCCC2.Cc1ccc2cc(C)c(C)cc2c1.Cc1ccc2ccccc2c1.Cc1ccc2ccccc2c1C.Cc1cccc2c1CCCC2.Cc1cccc2ccccc12. The van der Waals surface area contributed by atoms with Crippen molar-refractivity contribution in [2.24, 2.45) is 0 Å². The lowest BCUT2D eigenvalue weighted by Gasteiger charge is -2.17. The van der Waals surface area contributed by atoms with Crippen LogP contribution in [0.15, 0.2) is 261 Å². The zero-order valence-corrected chi connectivity index (χ0v) is 59.5. The average Bonchev–Trinajstić information content (AvgIpc) is 1.04. The number of hydrogen-bond donors (Lipinski definition) is 0. The Morgan fingerprint density at radius 1 is 0.250 bits per heavy atom. The lowest BCUT2D eigenvalue weighted by atomic mass is 9.89. The van der Waals surface area contributed by atoms with Crippen molar-refractivity contribution in [2.75, 3.05) is 7.11 Å². The first-order chi connectivity index (χ1) is 46.5. The van der Waals surface area contributed by atoms with Gasteiger partial charge in [0.15, 0.2) is 0 Å². The summed E-state index contributed by atoms with van der Waals surface area (Å²) in [5.74, 6) is 0. The van der Waals surface area contributed by atoms with Crippen LogP contribution in [-0.4, -0.2) is 7.11 Å². The van der Waals surface area contributed by atoms with Gasteiger partial charge in [-0.25, -0.2) is 9.78 Å². The first kappa shape index (κ1) is 70.9. The number of rotatable bonds is 3. The van der Waals surface area contributed by atoms with E-state index in [-0.39, 0.29) is 0 Å². The molecule has 0 bridgehead atoms. The molecule has 0 aliphatic heterocycles. The topological polar surface area (TPSA) is 18.5 Å². The van der Waals surface area contributed by atoms with Gasteiger partial charge in [-0.15, -0.1) is 0 Å². The van der Waals surface area contributed by atoms with E-state index in [4.69, 9.17) is 4.89 Å². The van der Waals surface area contributed by atoms with E-state index >= 15 is 0 Å². The molecule has 0 fully saturated rings. The van der Waals surface area contributed by atoms with Crippen LogP contribution in [-0.2, 0) is 42.1 Å². The maximum atomic E-state index is 4.95. The molecule has 0 aromatic heterocycles. The first-order valence-corrected chi connectivity index (χ1v) is 34.6. The summed E-state index contributed by atoms with van der Waals surface area (Å²) >= 11 is 0. The van der Waals surface area contributed by atoms with Crippen molar-refractivity contribution in [3.05, 3.63) is 355 Å². The molecule has 488 valence electrons. The van der Waals surface area contributed by atoms with Gasteiger partial charge in [0.05, 0.1) is 7.11 Å². The fourth-order valence-corrected chi connectivity index (χ4v) is 12.9. The predicted molar refractivity (Wildman–Crippen MR) is 418 cm³/mol. The van der Waals surface area contributed by atoms with Crippen molar-refractivity contribution in [1.29, 1.82) is 0 Å². The molecule has 0 N–H and O–H groups in total. The molecule has 0 amide bonds. The molecule has 0 saturated heterocycles. The summed E-state index contributed by atoms with van der Waals surface area (Å²) in [6.45, 7) is 26.3. The molecular weight excluding hydrogens is 1160 g/mol. The monoisotopic (exact) mass is 1260 g/mol. The molecule has 0 saturated carbocycles. The summed E-state index contributed by atoms with van der Waals surface area (Å²) < 4.78 is 0. The first-order valence-electron chi connectivity index (χ1n) is 34.6. The van der Waals surface area contributed by atoms with E-state index in [1.807, 2.05) is 12.1 Å². The van der Waals surface area contributed by atoms with Gasteiger partial charge in [-0.1, -0.05) is 271 Å². The predicted octanol–water partition coefficient (Wildman–Crippen LogP) is 25.9. The van der Waals surface area contributed by atoms with Crippen LogP contribution in [0.1, 0.15) is 120 Å². The Bertz CT molecular complexity index is 4790. The third-order valence-corrected chi connectivity index (χ3v) is 19.0. The minimum absolute atomic E-state index is 0.493. The molecule has 2 aliphatic rings. The fraction of sp³-hybridized carbons (Fsp3) is 0.234. The molecule has 14 aromatic carbocycles. The van der Waals surface area contributed by atoms with Gasteiger partial charge in [0.25, 0.3) is 0 Å². The van der Waals surface area contributed by atoms with Gasteiger partial charge in [0.1, 0.15) is 6.61 Å². The van der Waals surface area contributed by atoms with Gasteiger partial charge >= 0.3 is 0 Å². The van der Waals surface area contributed by atoms with Crippen molar-refractivity contribution in [3.8, 4) is 0 Å². The molecule has 2 heteroatoms. The van der Waals surface area contributed by atoms with Crippen LogP contribution < -0.4 is 0 Å². The second-order valence-electron chi connectivity index (χ2n) is 26.4. The van der Waals surface area contributed by atoms with Crippen LogP contribution in [0.2, 0.25) is 0 Å². The second kappa shape index (κ2) is 35.3. The molecule has 2 aliphatic carbocycles. The van der Waals surface area contributed by atoms with Crippen LogP contribution >= 0.6 is 0 Å². The standard InChI is InChI=1S/C13H14O2.C13H14.2C12H12.C11H14.C11H10.C11H14.C11H10/c1-10-7-11-5-3-4-6-12(11)8-13(10)9-15-14-2;1-9-4-5-12-7-10(2)11(3)8-13(12)6-9;1-9-7-11-5-3-4-6-12(11)8-10(9)2;1-9-7-8-11-5-3-4-6-12(11)10(9)2;2*1-9-5-4-7-10-6-2-3-8-11(9)10;2*1-9-6-7-10-4-2-3-5-11(10)8-9/h3-8H,9H2,1-2H3;4-8H,1-3H3;2*3-8H,1-2H3;4-5,7H,2-3,6,8H2,1H3;2-8H,1H3;6-8H,2-5H2,1H3;2-8H,1H3. The van der Waals surface area contributed by atoms with Crippen molar-refractivity contribution in [3.63, 3.8) is 0 Å². The highest BCUT2D eigenvalue weighted by atomic mass is 17.2. The maximum Gasteiger partial charge on any atom is 0.108 e. The number of aryl methyl sites for hydroxylation is 15. The highest BCUT2D eigenvalue weighted by Crippen LogP contribution is 2.27. The quantitative estimate of drug-likeness (QED) is 0.130. The molecule has 0 unspecified atom stereocenters. The van der Waals surface area contributed by atoms with E-state index in [0.29, 0.717) is 6.61 Å². The molecule has 16 rings (SSSR count). The van der Waals surface area contributed by atoms with E-state index in [1.54, 1.807) is 22.3 Å².